The van der Waals surface area contributed by atoms with Gasteiger partial charge in [-0.3, -0.25) is 4.79 Å². The molecule has 1 saturated carbocycles. The third kappa shape index (κ3) is 4.51. The molecule has 1 aliphatic rings. The molecule has 0 bridgehead atoms. The standard InChI is InChI=1S/C9H13F3O3/c10-9(11,12)5-15-7-3-1-6(2-4-7)8(13)14/h6-7H,1-5H2,(H,13,14). The molecule has 0 spiro atoms. The highest BCUT2D eigenvalue weighted by Crippen LogP contribution is 2.27. The minimum absolute atomic E-state index is 0.396. The maximum Gasteiger partial charge on any atom is 0.411 e. The van der Waals surface area contributed by atoms with Crippen LogP contribution in [0.3, 0.4) is 0 Å². The zero-order valence-electron chi connectivity index (χ0n) is 8.09. The predicted molar refractivity (Wildman–Crippen MR) is 45.4 cm³/mol. The Hall–Kier alpha value is -0.780. The van der Waals surface area contributed by atoms with E-state index < -0.39 is 30.8 Å². The van der Waals surface area contributed by atoms with Crippen LogP contribution in [-0.2, 0) is 9.53 Å². The Balaban J connectivity index is 2.23. The van der Waals surface area contributed by atoms with Gasteiger partial charge >= 0.3 is 12.1 Å². The molecule has 0 aromatic heterocycles. The second kappa shape index (κ2) is 4.83. The lowest BCUT2D eigenvalue weighted by atomic mass is 9.87. The number of carboxylic acid groups (broad SMARTS) is 1. The van der Waals surface area contributed by atoms with E-state index in [2.05, 4.69) is 4.74 Å². The molecule has 88 valence electrons. The quantitative estimate of drug-likeness (QED) is 0.802. The zero-order chi connectivity index (χ0) is 11.5. The highest BCUT2D eigenvalue weighted by atomic mass is 19.4. The summed E-state index contributed by atoms with van der Waals surface area (Å²) in [4.78, 5) is 10.6. The first kappa shape index (κ1) is 12.3. The Kier molecular flexibility index (Phi) is 3.96. The van der Waals surface area contributed by atoms with E-state index in [-0.39, 0.29) is 0 Å². The normalized spacial score (nSPS) is 27.7. The summed E-state index contributed by atoms with van der Waals surface area (Å²) in [5, 5.41) is 8.66. The van der Waals surface area contributed by atoms with Gasteiger partial charge in [-0.1, -0.05) is 0 Å². The number of carbonyl (C=O) groups is 1. The van der Waals surface area contributed by atoms with Gasteiger partial charge in [0.2, 0.25) is 0 Å². The molecule has 0 unspecified atom stereocenters. The molecule has 0 saturated heterocycles. The lowest BCUT2D eigenvalue weighted by molar-refractivity contribution is -0.189. The molecule has 0 radical (unpaired) electrons. The summed E-state index contributed by atoms with van der Waals surface area (Å²) in [7, 11) is 0. The van der Waals surface area contributed by atoms with E-state index in [4.69, 9.17) is 5.11 Å². The fourth-order valence-corrected chi connectivity index (χ4v) is 1.69. The summed E-state index contributed by atoms with van der Waals surface area (Å²) in [5.74, 6) is -1.29. The van der Waals surface area contributed by atoms with Crippen molar-refractivity contribution >= 4 is 5.97 Å². The fraction of sp³-hybridized carbons (Fsp3) is 0.889. The van der Waals surface area contributed by atoms with Crippen molar-refractivity contribution in [2.24, 2.45) is 5.92 Å². The largest absolute Gasteiger partial charge is 0.481 e. The Labute approximate surface area is 85.2 Å². The third-order valence-electron chi connectivity index (χ3n) is 2.51. The van der Waals surface area contributed by atoms with E-state index in [9.17, 15) is 18.0 Å². The lowest BCUT2D eigenvalue weighted by Crippen LogP contribution is -2.29. The molecule has 6 heteroatoms. The second-order valence-electron chi connectivity index (χ2n) is 3.74. The Bertz CT molecular complexity index is 219. The SMILES string of the molecule is O=C(O)C1CCC(OCC(F)(F)F)CC1. The molecule has 1 rings (SSSR count). The van der Waals surface area contributed by atoms with Crippen molar-refractivity contribution in [2.45, 2.75) is 38.0 Å². The van der Waals surface area contributed by atoms with Crippen molar-refractivity contribution in [1.29, 1.82) is 0 Å². The van der Waals surface area contributed by atoms with Gasteiger partial charge in [0.25, 0.3) is 0 Å². The summed E-state index contributed by atoms with van der Waals surface area (Å²) in [6.07, 6.45) is -3.15. The van der Waals surface area contributed by atoms with Crippen molar-refractivity contribution in [3.63, 3.8) is 0 Å². The van der Waals surface area contributed by atoms with Gasteiger partial charge in [-0.2, -0.15) is 13.2 Å². The number of hydrogen-bond acceptors (Lipinski definition) is 2. The molecule has 1 aliphatic carbocycles. The van der Waals surface area contributed by atoms with E-state index in [0.717, 1.165) is 0 Å². The number of ether oxygens (including phenoxy) is 1. The Morgan fingerprint density at radius 3 is 2.20 bits per heavy atom. The molecule has 3 nitrogen and oxygen atoms in total. The molecule has 0 aliphatic heterocycles. The van der Waals surface area contributed by atoms with E-state index in [1.807, 2.05) is 0 Å². The van der Waals surface area contributed by atoms with Crippen molar-refractivity contribution in [3.05, 3.63) is 0 Å². The van der Waals surface area contributed by atoms with Crippen LogP contribution in [0, 0.1) is 5.92 Å². The maximum atomic E-state index is 11.8. The van der Waals surface area contributed by atoms with Crippen molar-refractivity contribution in [2.75, 3.05) is 6.61 Å². The molecule has 0 atom stereocenters. The first-order chi connectivity index (χ1) is 6.88. The molecular formula is C9H13F3O3. The summed E-state index contributed by atoms with van der Waals surface area (Å²) in [6.45, 7) is -1.24. The molecular weight excluding hydrogens is 213 g/mol. The van der Waals surface area contributed by atoms with E-state index in [0.29, 0.717) is 25.7 Å². The van der Waals surface area contributed by atoms with Gasteiger partial charge in [0.15, 0.2) is 0 Å². The van der Waals surface area contributed by atoms with Crippen molar-refractivity contribution < 1.29 is 27.8 Å². The van der Waals surface area contributed by atoms with E-state index in [1.165, 1.54) is 0 Å². The fourth-order valence-electron chi connectivity index (χ4n) is 1.69. The average molecular weight is 226 g/mol. The average Bonchev–Trinajstić information content (AvgIpc) is 2.14. The number of carboxylic acids is 1. The number of halogens is 3. The zero-order valence-corrected chi connectivity index (χ0v) is 8.09. The van der Waals surface area contributed by atoms with Crippen LogP contribution in [0.1, 0.15) is 25.7 Å². The van der Waals surface area contributed by atoms with Crippen molar-refractivity contribution in [1.82, 2.24) is 0 Å². The van der Waals surface area contributed by atoms with Gasteiger partial charge in [0, 0.05) is 0 Å². The van der Waals surface area contributed by atoms with Gasteiger partial charge < -0.3 is 9.84 Å². The summed E-state index contributed by atoms with van der Waals surface area (Å²) < 4.78 is 40.0. The van der Waals surface area contributed by atoms with Crippen LogP contribution in [0.25, 0.3) is 0 Å². The molecule has 15 heavy (non-hydrogen) atoms. The number of hydrogen-bond donors (Lipinski definition) is 1. The Morgan fingerprint density at radius 2 is 1.80 bits per heavy atom. The highest BCUT2D eigenvalue weighted by molar-refractivity contribution is 5.69. The van der Waals surface area contributed by atoms with Crippen LogP contribution in [0.4, 0.5) is 13.2 Å². The smallest absolute Gasteiger partial charge is 0.411 e. The predicted octanol–water partition coefficient (Wildman–Crippen LogP) is 2.21. The van der Waals surface area contributed by atoms with Crippen LogP contribution in [0.15, 0.2) is 0 Å². The van der Waals surface area contributed by atoms with Crippen LogP contribution in [0.2, 0.25) is 0 Å². The second-order valence-corrected chi connectivity index (χ2v) is 3.74. The third-order valence-corrected chi connectivity index (χ3v) is 2.51. The Morgan fingerprint density at radius 1 is 1.27 bits per heavy atom. The van der Waals surface area contributed by atoms with Crippen LogP contribution < -0.4 is 0 Å². The first-order valence-corrected chi connectivity index (χ1v) is 4.79. The molecule has 0 aromatic rings. The molecule has 0 aromatic carbocycles. The van der Waals surface area contributed by atoms with Crippen LogP contribution in [-0.4, -0.2) is 30.0 Å². The van der Waals surface area contributed by atoms with E-state index >= 15 is 0 Å². The van der Waals surface area contributed by atoms with Gasteiger partial charge in [0.1, 0.15) is 6.61 Å². The van der Waals surface area contributed by atoms with E-state index in [1.54, 1.807) is 0 Å². The molecule has 1 N–H and O–H groups in total. The number of rotatable bonds is 3. The van der Waals surface area contributed by atoms with Gasteiger partial charge in [0.05, 0.1) is 12.0 Å². The minimum Gasteiger partial charge on any atom is -0.481 e. The van der Waals surface area contributed by atoms with Crippen molar-refractivity contribution in [3.8, 4) is 0 Å². The topological polar surface area (TPSA) is 46.5 Å². The van der Waals surface area contributed by atoms with Gasteiger partial charge in [-0.05, 0) is 25.7 Å². The van der Waals surface area contributed by atoms with Crippen LogP contribution >= 0.6 is 0 Å². The highest BCUT2D eigenvalue weighted by Gasteiger charge is 2.32. The molecule has 0 amide bonds. The monoisotopic (exact) mass is 226 g/mol. The van der Waals surface area contributed by atoms with Gasteiger partial charge in [-0.15, -0.1) is 0 Å². The van der Waals surface area contributed by atoms with Crippen LogP contribution in [0.5, 0.6) is 0 Å². The van der Waals surface area contributed by atoms with Gasteiger partial charge in [-0.25, -0.2) is 0 Å². The lowest BCUT2D eigenvalue weighted by Gasteiger charge is -2.26. The maximum absolute atomic E-state index is 11.8. The summed E-state index contributed by atoms with van der Waals surface area (Å²) in [6, 6.07) is 0. The molecule has 0 heterocycles. The minimum atomic E-state index is -4.30. The first-order valence-electron chi connectivity index (χ1n) is 4.79. The number of aliphatic carboxylic acids is 1. The summed E-state index contributed by atoms with van der Waals surface area (Å²) >= 11 is 0. The number of alkyl halides is 3. The summed E-state index contributed by atoms with van der Waals surface area (Å²) in [5.41, 5.74) is 0. The molecule has 1 fully saturated rings.